The number of anilines is 2. The largest absolute Gasteiger partial charge is 0.508 e. The van der Waals surface area contributed by atoms with Crippen molar-refractivity contribution in [3.8, 4) is 11.5 Å². The molecule has 0 bridgehead atoms. The van der Waals surface area contributed by atoms with Crippen LogP contribution in [-0.4, -0.2) is 26.4 Å². The highest BCUT2D eigenvalue weighted by molar-refractivity contribution is 8.01. The van der Waals surface area contributed by atoms with Crippen LogP contribution in [0.5, 0.6) is 11.5 Å². The van der Waals surface area contributed by atoms with E-state index in [2.05, 4.69) is 20.8 Å². The van der Waals surface area contributed by atoms with Gasteiger partial charge in [-0.05, 0) is 36.8 Å². The van der Waals surface area contributed by atoms with E-state index in [4.69, 9.17) is 0 Å². The average Bonchev–Trinajstić information content (AvgIpc) is 3.00. The van der Waals surface area contributed by atoms with Gasteiger partial charge >= 0.3 is 6.03 Å². The minimum atomic E-state index is -0.422. The number of phenolic OH excluding ortho intramolecular Hbond substituents is 2. The van der Waals surface area contributed by atoms with Gasteiger partial charge in [-0.3, -0.25) is 5.32 Å². The van der Waals surface area contributed by atoms with Crippen molar-refractivity contribution in [3.05, 3.63) is 48.0 Å². The molecule has 3 aromatic rings. The molecular formula is C16H14N4O3S2. The topological polar surface area (TPSA) is 107 Å². The SMILES string of the molecule is Cc1cc(O)c(Sc2nnc(NC(=O)Nc3ccccc3)s2)cc1O. The molecule has 1 aromatic heterocycles. The number of urea groups is 1. The zero-order valence-electron chi connectivity index (χ0n) is 13.1. The Morgan fingerprint density at radius 1 is 1.08 bits per heavy atom. The number of carbonyl (C=O) groups excluding carboxylic acids is 1. The molecule has 0 atom stereocenters. The van der Waals surface area contributed by atoms with E-state index in [-0.39, 0.29) is 11.5 Å². The number of phenols is 2. The first kappa shape index (κ1) is 17.1. The summed E-state index contributed by atoms with van der Waals surface area (Å²) in [6.45, 7) is 1.70. The molecule has 0 radical (unpaired) electrons. The molecule has 2 aromatic carbocycles. The normalized spacial score (nSPS) is 10.4. The predicted octanol–water partition coefficient (Wildman–Crippen LogP) is 4.05. The van der Waals surface area contributed by atoms with Gasteiger partial charge in [0.05, 0.1) is 4.90 Å². The second-order valence-electron chi connectivity index (χ2n) is 5.03. The molecule has 0 aliphatic carbocycles. The smallest absolute Gasteiger partial charge is 0.325 e. The monoisotopic (exact) mass is 374 g/mol. The first-order valence-electron chi connectivity index (χ1n) is 7.18. The fourth-order valence-electron chi connectivity index (χ4n) is 1.92. The second-order valence-corrected chi connectivity index (χ2v) is 7.29. The summed E-state index contributed by atoms with van der Waals surface area (Å²) in [5, 5.41) is 33.1. The molecule has 9 heteroatoms. The Kier molecular flexibility index (Phi) is 5.05. The summed E-state index contributed by atoms with van der Waals surface area (Å²) in [4.78, 5) is 12.4. The first-order chi connectivity index (χ1) is 12.0. The second kappa shape index (κ2) is 7.41. The molecule has 3 rings (SSSR count). The minimum absolute atomic E-state index is 0.0480. The summed E-state index contributed by atoms with van der Waals surface area (Å²) in [6.07, 6.45) is 0. The maximum absolute atomic E-state index is 11.9. The Morgan fingerprint density at radius 3 is 2.60 bits per heavy atom. The highest BCUT2D eigenvalue weighted by Gasteiger charge is 2.13. The van der Waals surface area contributed by atoms with Gasteiger partial charge in [0.15, 0.2) is 4.34 Å². The number of benzene rings is 2. The molecule has 128 valence electrons. The third-order valence-corrected chi connectivity index (χ3v) is 5.07. The van der Waals surface area contributed by atoms with Crippen LogP contribution in [0.1, 0.15) is 5.56 Å². The maximum Gasteiger partial charge on any atom is 0.325 e. The number of carbonyl (C=O) groups is 1. The van der Waals surface area contributed by atoms with Crippen LogP contribution >= 0.6 is 23.1 Å². The summed E-state index contributed by atoms with van der Waals surface area (Å²) in [6, 6.07) is 11.6. The molecule has 0 aliphatic rings. The molecule has 2 amide bonds. The van der Waals surface area contributed by atoms with Crippen LogP contribution in [0, 0.1) is 6.92 Å². The molecule has 25 heavy (non-hydrogen) atoms. The van der Waals surface area contributed by atoms with E-state index in [9.17, 15) is 15.0 Å². The number of rotatable bonds is 4. The molecule has 0 fully saturated rings. The Labute approximate surface area is 151 Å². The molecule has 0 saturated heterocycles. The predicted molar refractivity (Wildman–Crippen MR) is 97.6 cm³/mol. The maximum atomic E-state index is 11.9. The average molecular weight is 374 g/mol. The first-order valence-corrected chi connectivity index (χ1v) is 8.81. The van der Waals surface area contributed by atoms with E-state index < -0.39 is 6.03 Å². The van der Waals surface area contributed by atoms with Gasteiger partial charge in [-0.25, -0.2) is 4.79 Å². The summed E-state index contributed by atoms with van der Waals surface area (Å²) in [5.41, 5.74) is 1.25. The molecule has 0 spiro atoms. The van der Waals surface area contributed by atoms with E-state index in [1.807, 2.05) is 18.2 Å². The minimum Gasteiger partial charge on any atom is -0.508 e. The van der Waals surface area contributed by atoms with Crippen molar-refractivity contribution in [2.75, 3.05) is 10.6 Å². The fraction of sp³-hybridized carbons (Fsp3) is 0.0625. The van der Waals surface area contributed by atoms with Crippen molar-refractivity contribution in [2.45, 2.75) is 16.2 Å². The van der Waals surface area contributed by atoms with Crippen molar-refractivity contribution < 1.29 is 15.0 Å². The van der Waals surface area contributed by atoms with Crippen LogP contribution in [0.4, 0.5) is 15.6 Å². The summed E-state index contributed by atoms with van der Waals surface area (Å²) in [7, 11) is 0. The highest BCUT2D eigenvalue weighted by atomic mass is 32.2. The molecule has 7 nitrogen and oxygen atoms in total. The van der Waals surface area contributed by atoms with Crippen molar-refractivity contribution >= 4 is 39.9 Å². The molecule has 4 N–H and O–H groups in total. The Balaban J connectivity index is 1.64. The molecular weight excluding hydrogens is 360 g/mol. The number of aromatic hydroxyl groups is 2. The Hall–Kier alpha value is -2.78. The van der Waals surface area contributed by atoms with Crippen LogP contribution in [-0.2, 0) is 0 Å². The van der Waals surface area contributed by atoms with Crippen LogP contribution in [0.25, 0.3) is 0 Å². The van der Waals surface area contributed by atoms with Gasteiger partial charge in [0.1, 0.15) is 11.5 Å². The van der Waals surface area contributed by atoms with Crippen molar-refractivity contribution in [3.63, 3.8) is 0 Å². The number of amides is 2. The lowest BCUT2D eigenvalue weighted by atomic mass is 10.2. The number of hydrogen-bond acceptors (Lipinski definition) is 7. The van der Waals surface area contributed by atoms with Gasteiger partial charge in [0.2, 0.25) is 5.13 Å². The number of aryl methyl sites for hydroxylation is 1. The number of nitrogens with one attached hydrogen (secondary N) is 2. The van der Waals surface area contributed by atoms with Crippen molar-refractivity contribution in [1.29, 1.82) is 0 Å². The Bertz CT molecular complexity index is 900. The third kappa shape index (κ3) is 4.40. The molecule has 1 heterocycles. The lowest BCUT2D eigenvalue weighted by Gasteiger charge is -2.05. The van der Waals surface area contributed by atoms with Gasteiger partial charge in [0, 0.05) is 5.69 Å². The van der Waals surface area contributed by atoms with Crippen LogP contribution < -0.4 is 10.6 Å². The number of para-hydroxylation sites is 1. The zero-order valence-corrected chi connectivity index (χ0v) is 14.7. The van der Waals surface area contributed by atoms with Crippen molar-refractivity contribution in [2.24, 2.45) is 0 Å². The van der Waals surface area contributed by atoms with E-state index in [1.54, 1.807) is 19.1 Å². The zero-order chi connectivity index (χ0) is 17.8. The number of aromatic nitrogens is 2. The lowest BCUT2D eigenvalue weighted by Crippen LogP contribution is -2.19. The fourth-order valence-corrected chi connectivity index (χ4v) is 3.67. The van der Waals surface area contributed by atoms with Crippen molar-refractivity contribution in [1.82, 2.24) is 10.2 Å². The van der Waals surface area contributed by atoms with Crippen LogP contribution in [0.15, 0.2) is 51.7 Å². The Morgan fingerprint density at radius 2 is 1.84 bits per heavy atom. The standard InChI is InChI=1S/C16H14N4O3S2/c1-9-7-12(22)13(8-11(9)21)24-16-20-19-15(25-16)18-14(23)17-10-5-3-2-4-6-10/h2-8,21-22H,1H3,(H2,17,18,19,23). The van der Waals surface area contributed by atoms with Gasteiger partial charge < -0.3 is 15.5 Å². The van der Waals surface area contributed by atoms with Gasteiger partial charge in [0.25, 0.3) is 0 Å². The summed E-state index contributed by atoms with van der Waals surface area (Å²) in [5.74, 6) is 0.136. The summed E-state index contributed by atoms with van der Waals surface area (Å²) < 4.78 is 0.522. The number of nitrogens with zero attached hydrogens (tertiary/aromatic N) is 2. The van der Waals surface area contributed by atoms with Crippen LogP contribution in [0.2, 0.25) is 0 Å². The van der Waals surface area contributed by atoms with E-state index in [0.29, 0.717) is 25.6 Å². The summed E-state index contributed by atoms with van der Waals surface area (Å²) >= 11 is 2.31. The van der Waals surface area contributed by atoms with Gasteiger partial charge in [-0.15, -0.1) is 10.2 Å². The molecule has 0 unspecified atom stereocenters. The van der Waals surface area contributed by atoms with E-state index in [0.717, 1.165) is 23.1 Å². The number of hydrogen-bond donors (Lipinski definition) is 4. The van der Waals surface area contributed by atoms with E-state index >= 15 is 0 Å². The molecule has 0 aliphatic heterocycles. The van der Waals surface area contributed by atoms with Crippen LogP contribution in [0.3, 0.4) is 0 Å². The quantitative estimate of drug-likeness (QED) is 0.405. The lowest BCUT2D eigenvalue weighted by molar-refractivity contribution is 0.262. The highest BCUT2D eigenvalue weighted by Crippen LogP contribution is 2.39. The van der Waals surface area contributed by atoms with E-state index in [1.165, 1.54) is 12.1 Å². The van der Waals surface area contributed by atoms with Gasteiger partial charge in [-0.2, -0.15) is 0 Å². The third-order valence-electron chi connectivity index (χ3n) is 3.13. The van der Waals surface area contributed by atoms with Gasteiger partial charge in [-0.1, -0.05) is 41.3 Å². The molecule has 0 saturated carbocycles.